The zero-order chi connectivity index (χ0) is 18.8. The Morgan fingerprint density at radius 3 is 2.56 bits per heavy atom. The smallest absolute Gasteiger partial charge is 0.220 e. The van der Waals surface area contributed by atoms with E-state index in [1.54, 1.807) is 0 Å². The molecule has 0 unspecified atom stereocenters. The molecule has 9 nitrogen and oxygen atoms in total. The molecule has 0 saturated carbocycles. The molecule has 1 heterocycles. The first-order valence-electron chi connectivity index (χ1n) is 8.29. The first kappa shape index (κ1) is 22.1. The summed E-state index contributed by atoms with van der Waals surface area (Å²) in [4.78, 5) is 22.7. The van der Waals surface area contributed by atoms with E-state index >= 15 is 0 Å². The molecule has 0 radical (unpaired) electrons. The lowest BCUT2D eigenvalue weighted by atomic mass is 9.97. The lowest BCUT2D eigenvalue weighted by Crippen LogP contribution is -2.64. The molecule has 0 aromatic carbocycles. The van der Waals surface area contributed by atoms with Gasteiger partial charge in [0.05, 0.1) is 13.2 Å². The Morgan fingerprint density at radius 1 is 1.24 bits per heavy atom. The number of nitrogens with one attached hydrogen (secondary N) is 2. The van der Waals surface area contributed by atoms with Gasteiger partial charge in [-0.15, -0.1) is 0 Å². The van der Waals surface area contributed by atoms with E-state index in [2.05, 4.69) is 23.3 Å². The van der Waals surface area contributed by atoms with Crippen molar-refractivity contribution in [3.63, 3.8) is 0 Å². The quantitative estimate of drug-likeness (QED) is 0.194. The lowest BCUT2D eigenvalue weighted by molar-refractivity contribution is -0.270. The summed E-state index contributed by atoms with van der Waals surface area (Å²) in [6.07, 6.45) is -3.06. The van der Waals surface area contributed by atoms with Crippen LogP contribution in [-0.4, -0.2) is 83.3 Å². The zero-order valence-corrected chi connectivity index (χ0v) is 15.2. The molecular weight excluding hydrogens is 352 g/mol. The minimum absolute atomic E-state index is 0.0574. The number of hydrogen-bond donors (Lipinski definition) is 6. The topological polar surface area (TPSA) is 137 Å². The maximum Gasteiger partial charge on any atom is 0.220 e. The molecular formula is C15H28N2O7S. The molecule has 1 aliphatic rings. The second kappa shape index (κ2) is 11.7. The highest BCUT2D eigenvalue weighted by Gasteiger charge is 2.45. The van der Waals surface area contributed by atoms with Crippen LogP contribution in [0, 0.1) is 0 Å². The van der Waals surface area contributed by atoms with E-state index in [0.717, 1.165) is 0 Å². The summed E-state index contributed by atoms with van der Waals surface area (Å²) in [5.41, 5.74) is 0. The molecule has 0 aromatic heterocycles. The Labute approximate surface area is 152 Å². The molecule has 2 amide bonds. The Morgan fingerprint density at radius 2 is 1.96 bits per heavy atom. The van der Waals surface area contributed by atoms with Crippen LogP contribution < -0.4 is 10.6 Å². The van der Waals surface area contributed by atoms with Crippen molar-refractivity contribution in [1.29, 1.82) is 0 Å². The van der Waals surface area contributed by atoms with E-state index in [4.69, 9.17) is 9.47 Å². The average molecular weight is 380 g/mol. The first-order chi connectivity index (χ1) is 11.9. The summed E-state index contributed by atoms with van der Waals surface area (Å²) < 4.78 is 10.9. The molecule has 0 bridgehead atoms. The number of amides is 2. The average Bonchev–Trinajstić information content (AvgIpc) is 2.58. The van der Waals surface area contributed by atoms with Crippen LogP contribution >= 0.6 is 12.6 Å². The van der Waals surface area contributed by atoms with Crippen LogP contribution in [0.1, 0.15) is 26.2 Å². The molecule has 1 rings (SSSR count). The molecule has 10 heteroatoms. The fraction of sp³-hybridized carbons (Fsp3) is 0.867. The predicted octanol–water partition coefficient (Wildman–Crippen LogP) is -1.84. The second-order valence-corrected chi connectivity index (χ2v) is 6.28. The Balaban J connectivity index is 2.44. The zero-order valence-electron chi connectivity index (χ0n) is 14.3. The fourth-order valence-corrected chi connectivity index (χ4v) is 2.60. The van der Waals surface area contributed by atoms with Gasteiger partial charge in [0.15, 0.2) is 6.29 Å². The van der Waals surface area contributed by atoms with Crippen molar-refractivity contribution in [3.8, 4) is 0 Å². The van der Waals surface area contributed by atoms with E-state index in [9.17, 15) is 24.9 Å². The molecule has 0 aromatic rings. The van der Waals surface area contributed by atoms with Crippen LogP contribution in [0.4, 0.5) is 0 Å². The number of carbonyl (C=O) groups is 2. The number of aliphatic hydroxyl groups excluding tert-OH is 3. The maximum atomic E-state index is 11.5. The summed E-state index contributed by atoms with van der Waals surface area (Å²) in [5, 5.41) is 34.4. The molecule has 1 fully saturated rings. The highest BCUT2D eigenvalue weighted by molar-refractivity contribution is 7.80. The second-order valence-electron chi connectivity index (χ2n) is 5.83. The van der Waals surface area contributed by atoms with Crippen LogP contribution in [0.15, 0.2) is 0 Å². The largest absolute Gasteiger partial charge is 0.394 e. The minimum Gasteiger partial charge on any atom is -0.394 e. The number of ether oxygens (including phenoxy) is 2. The van der Waals surface area contributed by atoms with Gasteiger partial charge in [-0.05, 0) is 18.6 Å². The van der Waals surface area contributed by atoms with Crippen LogP contribution in [0.3, 0.4) is 0 Å². The number of thiol groups is 1. The number of hydrogen-bond acceptors (Lipinski definition) is 8. The van der Waals surface area contributed by atoms with Crippen LogP contribution in [0.2, 0.25) is 0 Å². The van der Waals surface area contributed by atoms with Crippen LogP contribution in [0.25, 0.3) is 0 Å². The third-order valence-electron chi connectivity index (χ3n) is 3.74. The van der Waals surface area contributed by atoms with Gasteiger partial charge in [-0.3, -0.25) is 9.59 Å². The Bertz CT molecular complexity index is 427. The molecule has 146 valence electrons. The van der Waals surface area contributed by atoms with E-state index in [1.165, 1.54) is 6.92 Å². The van der Waals surface area contributed by atoms with E-state index in [0.29, 0.717) is 31.6 Å². The molecule has 0 aliphatic carbocycles. The molecule has 5 N–H and O–H groups in total. The van der Waals surface area contributed by atoms with Crippen molar-refractivity contribution in [2.75, 3.05) is 25.5 Å². The molecule has 1 saturated heterocycles. The van der Waals surface area contributed by atoms with Gasteiger partial charge >= 0.3 is 0 Å². The SMILES string of the molecule is CC(=O)N[C@H]1[C@H](OCCCNC(=O)CCCS)O[C@H](CO)[C@@H](O)[C@@H]1O. The lowest BCUT2D eigenvalue weighted by Gasteiger charge is -2.42. The van der Waals surface area contributed by atoms with Crippen molar-refractivity contribution >= 4 is 24.4 Å². The first-order valence-corrected chi connectivity index (χ1v) is 8.92. The Kier molecular flexibility index (Phi) is 10.3. The van der Waals surface area contributed by atoms with Gasteiger partial charge in [0.25, 0.3) is 0 Å². The normalized spacial score (nSPS) is 29.2. The summed E-state index contributed by atoms with van der Waals surface area (Å²) in [6.45, 7) is 1.40. The minimum atomic E-state index is -1.34. The predicted molar refractivity (Wildman–Crippen MR) is 92.0 cm³/mol. The van der Waals surface area contributed by atoms with Gasteiger partial charge in [-0.25, -0.2) is 0 Å². The van der Waals surface area contributed by atoms with Crippen molar-refractivity contribution < 1.29 is 34.4 Å². The van der Waals surface area contributed by atoms with Gasteiger partial charge in [0, 0.05) is 19.9 Å². The van der Waals surface area contributed by atoms with Gasteiger partial charge in [0.2, 0.25) is 11.8 Å². The number of rotatable bonds is 10. The van der Waals surface area contributed by atoms with Crippen LogP contribution in [0.5, 0.6) is 0 Å². The molecule has 25 heavy (non-hydrogen) atoms. The maximum absolute atomic E-state index is 11.5. The summed E-state index contributed by atoms with van der Waals surface area (Å²) in [6, 6.07) is -0.958. The van der Waals surface area contributed by atoms with Crippen molar-refractivity contribution in [3.05, 3.63) is 0 Å². The standard InChI is InChI=1S/C15H28N2O7S/c1-9(19)17-12-14(22)13(21)10(8-18)24-15(12)23-6-3-5-16-11(20)4-2-7-25/h10,12-15,18,21-22,25H,2-8H2,1H3,(H,16,20)(H,17,19)/t10-,12-,13-,14-,15-/m1/s1. The highest BCUT2D eigenvalue weighted by Crippen LogP contribution is 2.22. The summed E-state index contributed by atoms with van der Waals surface area (Å²) in [7, 11) is 0. The van der Waals surface area contributed by atoms with Crippen molar-refractivity contribution in [2.24, 2.45) is 0 Å². The monoisotopic (exact) mass is 380 g/mol. The fourth-order valence-electron chi connectivity index (χ4n) is 2.44. The Hall–Kier alpha value is -0.910. The molecule has 1 aliphatic heterocycles. The number of aliphatic hydroxyl groups is 3. The van der Waals surface area contributed by atoms with Crippen molar-refractivity contribution in [2.45, 2.75) is 56.8 Å². The summed E-state index contributed by atoms with van der Waals surface area (Å²) in [5.74, 6) is 0.186. The van der Waals surface area contributed by atoms with Gasteiger partial charge in [-0.2, -0.15) is 12.6 Å². The van der Waals surface area contributed by atoms with Gasteiger partial charge in [-0.1, -0.05) is 0 Å². The van der Waals surface area contributed by atoms with Gasteiger partial charge in [0.1, 0.15) is 24.4 Å². The molecule has 0 spiro atoms. The summed E-state index contributed by atoms with van der Waals surface area (Å²) >= 11 is 4.04. The number of carbonyl (C=O) groups excluding carboxylic acids is 2. The van der Waals surface area contributed by atoms with Gasteiger partial charge < -0.3 is 35.4 Å². The highest BCUT2D eigenvalue weighted by atomic mass is 32.1. The van der Waals surface area contributed by atoms with E-state index in [-0.39, 0.29) is 12.5 Å². The van der Waals surface area contributed by atoms with E-state index in [1.807, 2.05) is 0 Å². The molecule has 5 atom stereocenters. The van der Waals surface area contributed by atoms with E-state index < -0.39 is 43.2 Å². The third kappa shape index (κ3) is 7.47. The third-order valence-corrected chi connectivity index (χ3v) is 4.05. The van der Waals surface area contributed by atoms with Crippen molar-refractivity contribution in [1.82, 2.24) is 10.6 Å². The van der Waals surface area contributed by atoms with Crippen LogP contribution in [-0.2, 0) is 19.1 Å².